The van der Waals surface area contributed by atoms with Gasteiger partial charge in [-0.2, -0.15) is 5.10 Å². The van der Waals surface area contributed by atoms with Gasteiger partial charge in [0.2, 0.25) is 0 Å². The molecule has 0 saturated heterocycles. The maximum Gasteiger partial charge on any atom is 0.167 e. The Kier molecular flexibility index (Phi) is 4.79. The lowest BCUT2D eigenvalue weighted by Crippen LogP contribution is -2.32. The van der Waals surface area contributed by atoms with Crippen molar-refractivity contribution in [2.24, 2.45) is 10.4 Å². The van der Waals surface area contributed by atoms with E-state index in [1.54, 1.807) is 0 Å². The summed E-state index contributed by atoms with van der Waals surface area (Å²) in [5, 5.41) is 4.71. The van der Waals surface area contributed by atoms with Gasteiger partial charge in [0.25, 0.3) is 0 Å². The number of hydrogen-bond acceptors (Lipinski definition) is 3. The summed E-state index contributed by atoms with van der Waals surface area (Å²) < 4.78 is 2.93. The molecular formula is C23H22BrN3O. The highest BCUT2D eigenvalue weighted by atomic mass is 79.9. The number of hydrogen-bond donors (Lipinski definition) is 0. The normalized spacial score (nSPS) is 18.4. The summed E-state index contributed by atoms with van der Waals surface area (Å²) in [6.07, 6.45) is 2.36. The monoisotopic (exact) mass is 435 g/mol. The maximum absolute atomic E-state index is 12.9. The molecule has 142 valence electrons. The minimum atomic E-state index is -0.297. The van der Waals surface area contributed by atoms with Crippen molar-refractivity contribution < 1.29 is 4.79 Å². The Morgan fingerprint density at radius 1 is 1.14 bits per heavy atom. The molecule has 5 heteroatoms. The second-order valence-corrected chi connectivity index (χ2v) is 8.83. The first-order valence-electron chi connectivity index (χ1n) is 9.34. The predicted octanol–water partition coefficient (Wildman–Crippen LogP) is 5.72. The molecule has 3 aromatic rings. The molecule has 2 aromatic carbocycles. The SMILES string of the molecule is Cc1nn(-c2ccccc2)c2c1C(=O)CC(C)(C)C2N=Cc1ccc(Br)cc1. The van der Waals surface area contributed by atoms with Crippen molar-refractivity contribution in [1.82, 2.24) is 9.78 Å². The first-order chi connectivity index (χ1) is 13.4. The van der Waals surface area contributed by atoms with Crippen LogP contribution in [0.4, 0.5) is 0 Å². The fraction of sp³-hybridized carbons (Fsp3) is 0.261. The number of aliphatic imine (C=N–C) groups is 1. The molecule has 4 nitrogen and oxygen atoms in total. The van der Waals surface area contributed by atoms with Crippen LogP contribution in [-0.4, -0.2) is 21.8 Å². The lowest BCUT2D eigenvalue weighted by Gasteiger charge is -2.35. The number of nitrogens with zero attached hydrogens (tertiary/aromatic N) is 3. The lowest BCUT2D eigenvalue weighted by atomic mass is 9.72. The van der Waals surface area contributed by atoms with Crippen molar-refractivity contribution in [2.75, 3.05) is 0 Å². The van der Waals surface area contributed by atoms with Gasteiger partial charge in [0.05, 0.1) is 28.7 Å². The second kappa shape index (κ2) is 7.13. The number of benzene rings is 2. The lowest BCUT2D eigenvalue weighted by molar-refractivity contribution is 0.0883. The predicted molar refractivity (Wildman–Crippen MR) is 116 cm³/mol. The summed E-state index contributed by atoms with van der Waals surface area (Å²) in [5.41, 5.74) is 4.05. The highest BCUT2D eigenvalue weighted by Crippen LogP contribution is 2.47. The first kappa shape index (κ1) is 18.8. The molecule has 0 amide bonds. The zero-order valence-corrected chi connectivity index (χ0v) is 17.8. The number of fused-ring (bicyclic) bond motifs is 1. The zero-order chi connectivity index (χ0) is 19.9. The summed E-state index contributed by atoms with van der Waals surface area (Å²) >= 11 is 3.46. The Bertz CT molecular complexity index is 1050. The molecule has 1 aromatic heterocycles. The van der Waals surface area contributed by atoms with Crippen LogP contribution in [0.25, 0.3) is 5.69 Å². The number of aromatic nitrogens is 2. The number of aryl methyl sites for hydroxylation is 1. The van der Waals surface area contributed by atoms with Crippen molar-refractivity contribution in [3.63, 3.8) is 0 Å². The third-order valence-electron chi connectivity index (χ3n) is 5.23. The van der Waals surface area contributed by atoms with Crippen LogP contribution >= 0.6 is 15.9 Å². The number of carbonyl (C=O) groups excluding carboxylic acids is 1. The van der Waals surface area contributed by atoms with Crippen molar-refractivity contribution in [2.45, 2.75) is 33.2 Å². The number of Topliss-reactive ketones (excluding diaryl/α,β-unsaturated/α-hetero) is 1. The van der Waals surface area contributed by atoms with E-state index in [2.05, 4.69) is 29.8 Å². The van der Waals surface area contributed by atoms with Crippen molar-refractivity contribution in [3.05, 3.63) is 81.6 Å². The van der Waals surface area contributed by atoms with Gasteiger partial charge in [-0.3, -0.25) is 9.79 Å². The quantitative estimate of drug-likeness (QED) is 0.494. The standard InChI is InChI=1S/C23H22BrN3O/c1-15-20-19(28)13-23(2,3)22(25-14-16-9-11-17(24)12-10-16)21(20)27(26-15)18-7-5-4-6-8-18/h4-12,14,22H,13H2,1-3H3. The van der Waals surface area contributed by atoms with Crippen LogP contribution in [0.5, 0.6) is 0 Å². The summed E-state index contributed by atoms with van der Waals surface area (Å²) in [6, 6.07) is 17.8. The summed E-state index contributed by atoms with van der Waals surface area (Å²) in [6.45, 7) is 6.12. The number of para-hydroxylation sites is 1. The highest BCUT2D eigenvalue weighted by Gasteiger charge is 2.43. The number of ketones is 1. The molecule has 0 N–H and O–H groups in total. The Hall–Kier alpha value is -2.53. The van der Waals surface area contributed by atoms with Gasteiger partial charge in [-0.1, -0.05) is 60.1 Å². The Morgan fingerprint density at radius 2 is 1.82 bits per heavy atom. The van der Waals surface area contributed by atoms with E-state index in [0.29, 0.717) is 6.42 Å². The molecule has 1 unspecified atom stereocenters. The van der Waals surface area contributed by atoms with E-state index in [-0.39, 0.29) is 17.2 Å². The molecule has 1 atom stereocenters. The third kappa shape index (κ3) is 3.35. The zero-order valence-electron chi connectivity index (χ0n) is 16.2. The van der Waals surface area contributed by atoms with Gasteiger partial charge in [0.1, 0.15) is 0 Å². The first-order valence-corrected chi connectivity index (χ1v) is 10.1. The molecule has 1 heterocycles. The van der Waals surface area contributed by atoms with Gasteiger partial charge in [-0.05, 0) is 36.8 Å². The average Bonchev–Trinajstić information content (AvgIpc) is 3.00. The van der Waals surface area contributed by atoms with Gasteiger partial charge in [-0.25, -0.2) is 4.68 Å². The van der Waals surface area contributed by atoms with Crippen LogP contribution in [0.3, 0.4) is 0 Å². The van der Waals surface area contributed by atoms with Crippen LogP contribution in [0.2, 0.25) is 0 Å². The average molecular weight is 436 g/mol. The smallest absolute Gasteiger partial charge is 0.167 e. The van der Waals surface area contributed by atoms with Crippen molar-refractivity contribution in [1.29, 1.82) is 0 Å². The van der Waals surface area contributed by atoms with Crippen LogP contribution in [-0.2, 0) is 0 Å². The topological polar surface area (TPSA) is 47.2 Å². The van der Waals surface area contributed by atoms with Gasteiger partial charge < -0.3 is 0 Å². The summed E-state index contributed by atoms with van der Waals surface area (Å²) in [7, 11) is 0. The van der Waals surface area contributed by atoms with Crippen LogP contribution in [0.15, 0.2) is 64.1 Å². The number of carbonyl (C=O) groups is 1. The Balaban J connectivity index is 1.86. The van der Waals surface area contributed by atoms with Gasteiger partial charge >= 0.3 is 0 Å². The molecule has 0 bridgehead atoms. The summed E-state index contributed by atoms with van der Waals surface area (Å²) in [4.78, 5) is 17.9. The summed E-state index contributed by atoms with van der Waals surface area (Å²) in [5.74, 6) is 0.148. The fourth-order valence-electron chi connectivity index (χ4n) is 3.86. The van der Waals surface area contributed by atoms with Crippen molar-refractivity contribution in [3.8, 4) is 5.69 Å². The molecule has 0 spiro atoms. The van der Waals surface area contributed by atoms with E-state index >= 15 is 0 Å². The van der Waals surface area contributed by atoms with Gasteiger partial charge in [0.15, 0.2) is 5.78 Å². The molecule has 1 aliphatic carbocycles. The van der Waals surface area contributed by atoms with Crippen LogP contribution in [0, 0.1) is 12.3 Å². The highest BCUT2D eigenvalue weighted by molar-refractivity contribution is 9.10. The largest absolute Gasteiger partial charge is 0.294 e. The minimum absolute atomic E-state index is 0.148. The number of rotatable bonds is 3. The van der Waals surface area contributed by atoms with Gasteiger partial charge in [-0.15, -0.1) is 0 Å². The van der Waals surface area contributed by atoms with E-state index in [0.717, 1.165) is 32.7 Å². The minimum Gasteiger partial charge on any atom is -0.294 e. The molecule has 1 aliphatic rings. The molecule has 28 heavy (non-hydrogen) atoms. The number of halogens is 1. The molecule has 0 radical (unpaired) electrons. The van der Waals surface area contributed by atoms with Gasteiger partial charge in [0, 0.05) is 22.5 Å². The Morgan fingerprint density at radius 3 is 2.50 bits per heavy atom. The van der Waals surface area contributed by atoms with E-state index in [1.807, 2.05) is 72.4 Å². The Labute approximate surface area is 173 Å². The van der Waals surface area contributed by atoms with E-state index in [1.165, 1.54) is 0 Å². The molecular weight excluding hydrogens is 414 g/mol. The molecule has 4 rings (SSSR count). The van der Waals surface area contributed by atoms with E-state index in [4.69, 9.17) is 10.1 Å². The van der Waals surface area contributed by atoms with Crippen LogP contribution in [0.1, 0.15) is 53.6 Å². The van der Waals surface area contributed by atoms with E-state index in [9.17, 15) is 4.79 Å². The second-order valence-electron chi connectivity index (χ2n) is 7.91. The molecule has 0 fully saturated rings. The fourth-order valence-corrected chi connectivity index (χ4v) is 4.12. The molecule has 0 aliphatic heterocycles. The molecule has 0 saturated carbocycles. The van der Waals surface area contributed by atoms with E-state index < -0.39 is 0 Å². The maximum atomic E-state index is 12.9. The third-order valence-corrected chi connectivity index (χ3v) is 5.76. The van der Waals surface area contributed by atoms with Crippen LogP contribution < -0.4 is 0 Å². The van der Waals surface area contributed by atoms with Crippen molar-refractivity contribution >= 4 is 27.9 Å².